The molecule has 0 radical (unpaired) electrons. The Morgan fingerprint density at radius 3 is 2.89 bits per heavy atom. The Bertz CT molecular complexity index is 331. The molecule has 1 heterocycles. The predicted octanol–water partition coefficient (Wildman–Crippen LogP) is 2.53. The lowest BCUT2D eigenvalue weighted by molar-refractivity contribution is 0.110. The average molecular weight is 249 g/mol. The van der Waals surface area contributed by atoms with Crippen molar-refractivity contribution in [1.82, 2.24) is 5.32 Å². The van der Waals surface area contributed by atoms with Gasteiger partial charge in [-0.25, -0.2) is 0 Å². The third kappa shape index (κ3) is 4.67. The molecular weight excluding hydrogens is 226 g/mol. The first kappa shape index (κ1) is 13.4. The maximum atomic E-state index is 5.66. The first-order valence-electron chi connectivity index (χ1n) is 6.86. The van der Waals surface area contributed by atoms with Gasteiger partial charge in [-0.2, -0.15) is 0 Å². The molecule has 3 heteroatoms. The minimum atomic E-state index is 0.433. The van der Waals surface area contributed by atoms with E-state index < -0.39 is 0 Å². The molecule has 1 N–H and O–H groups in total. The molecule has 1 aliphatic rings. The molecular formula is C15H23NO2. The van der Waals surface area contributed by atoms with Crippen LogP contribution in [0.1, 0.15) is 24.8 Å². The third-order valence-electron chi connectivity index (χ3n) is 3.18. The second-order valence-electron chi connectivity index (χ2n) is 4.85. The first-order chi connectivity index (χ1) is 8.84. The fourth-order valence-electron chi connectivity index (χ4n) is 2.09. The van der Waals surface area contributed by atoms with Crippen molar-refractivity contribution < 1.29 is 9.47 Å². The number of hydrogen-bond donors (Lipinski definition) is 1. The molecule has 1 aromatic rings. The molecule has 0 saturated carbocycles. The second-order valence-corrected chi connectivity index (χ2v) is 4.85. The Morgan fingerprint density at radius 1 is 1.33 bits per heavy atom. The van der Waals surface area contributed by atoms with E-state index in [2.05, 4.69) is 24.4 Å². The Balaban J connectivity index is 1.49. The van der Waals surface area contributed by atoms with Crippen LogP contribution in [0.15, 0.2) is 24.3 Å². The van der Waals surface area contributed by atoms with Gasteiger partial charge >= 0.3 is 0 Å². The summed E-state index contributed by atoms with van der Waals surface area (Å²) in [5.41, 5.74) is 1.26. The van der Waals surface area contributed by atoms with Crippen molar-refractivity contribution in [2.75, 3.05) is 26.3 Å². The minimum Gasteiger partial charge on any atom is -0.494 e. The van der Waals surface area contributed by atoms with Crippen LogP contribution in [-0.2, 0) is 4.74 Å². The van der Waals surface area contributed by atoms with E-state index in [4.69, 9.17) is 9.47 Å². The Morgan fingerprint density at radius 2 is 2.17 bits per heavy atom. The highest BCUT2D eigenvalue weighted by Crippen LogP contribution is 2.12. The molecule has 0 bridgehead atoms. The molecule has 18 heavy (non-hydrogen) atoms. The van der Waals surface area contributed by atoms with Crippen LogP contribution in [0, 0.1) is 6.92 Å². The molecule has 3 nitrogen and oxygen atoms in total. The molecule has 0 spiro atoms. The fourth-order valence-corrected chi connectivity index (χ4v) is 2.09. The van der Waals surface area contributed by atoms with Crippen molar-refractivity contribution in [3.05, 3.63) is 29.8 Å². The van der Waals surface area contributed by atoms with Crippen LogP contribution in [0.3, 0.4) is 0 Å². The smallest absolute Gasteiger partial charge is 0.119 e. The summed E-state index contributed by atoms with van der Waals surface area (Å²) in [4.78, 5) is 0. The normalized spacial score (nSPS) is 19.1. The lowest BCUT2D eigenvalue weighted by Gasteiger charge is -2.11. The first-order valence-corrected chi connectivity index (χ1v) is 6.86. The molecule has 1 atom stereocenters. The fraction of sp³-hybridized carbons (Fsp3) is 0.600. The van der Waals surface area contributed by atoms with Gasteiger partial charge in [-0.1, -0.05) is 17.7 Å². The van der Waals surface area contributed by atoms with Crippen LogP contribution in [0.4, 0.5) is 0 Å². The second kappa shape index (κ2) is 7.39. The van der Waals surface area contributed by atoms with Crippen molar-refractivity contribution in [2.24, 2.45) is 0 Å². The van der Waals surface area contributed by atoms with Crippen molar-refractivity contribution in [2.45, 2.75) is 32.3 Å². The standard InChI is InChI=1S/C15H23NO2/c1-13-5-7-14(8-6-13)17-11-3-9-16-12-15-4-2-10-18-15/h5-8,15-16H,2-4,9-12H2,1H3. The summed E-state index contributed by atoms with van der Waals surface area (Å²) in [6, 6.07) is 8.19. The summed E-state index contributed by atoms with van der Waals surface area (Å²) in [6.45, 7) is 5.75. The van der Waals surface area contributed by atoms with Gasteiger partial charge in [0.1, 0.15) is 5.75 Å². The molecule has 1 aliphatic heterocycles. The summed E-state index contributed by atoms with van der Waals surface area (Å²) >= 11 is 0. The Kier molecular flexibility index (Phi) is 5.49. The highest BCUT2D eigenvalue weighted by molar-refractivity contribution is 5.26. The molecule has 0 amide bonds. The lowest BCUT2D eigenvalue weighted by atomic mass is 10.2. The van der Waals surface area contributed by atoms with E-state index in [1.54, 1.807) is 0 Å². The summed E-state index contributed by atoms with van der Waals surface area (Å²) in [5, 5.41) is 3.42. The van der Waals surface area contributed by atoms with Crippen LogP contribution in [0.5, 0.6) is 5.75 Å². The number of benzene rings is 1. The summed E-state index contributed by atoms with van der Waals surface area (Å²) in [6.07, 6.45) is 3.87. The molecule has 1 aromatic carbocycles. The zero-order valence-electron chi connectivity index (χ0n) is 11.2. The number of hydrogen-bond acceptors (Lipinski definition) is 3. The molecule has 2 rings (SSSR count). The largest absolute Gasteiger partial charge is 0.494 e. The summed E-state index contributed by atoms with van der Waals surface area (Å²) in [5.74, 6) is 0.958. The lowest BCUT2D eigenvalue weighted by Crippen LogP contribution is -2.27. The zero-order chi connectivity index (χ0) is 12.6. The number of ether oxygens (including phenoxy) is 2. The highest BCUT2D eigenvalue weighted by Gasteiger charge is 2.13. The number of nitrogens with one attached hydrogen (secondary N) is 1. The number of rotatable bonds is 7. The molecule has 1 saturated heterocycles. The minimum absolute atomic E-state index is 0.433. The summed E-state index contributed by atoms with van der Waals surface area (Å²) in [7, 11) is 0. The van der Waals surface area contributed by atoms with Crippen LogP contribution in [0.25, 0.3) is 0 Å². The number of aryl methyl sites for hydroxylation is 1. The monoisotopic (exact) mass is 249 g/mol. The van der Waals surface area contributed by atoms with E-state index in [-0.39, 0.29) is 0 Å². The van der Waals surface area contributed by atoms with E-state index in [1.807, 2.05) is 12.1 Å². The van der Waals surface area contributed by atoms with E-state index in [1.165, 1.54) is 18.4 Å². The maximum Gasteiger partial charge on any atom is 0.119 e. The molecule has 1 fully saturated rings. The van der Waals surface area contributed by atoms with Crippen molar-refractivity contribution in [1.29, 1.82) is 0 Å². The van der Waals surface area contributed by atoms with Gasteiger partial charge in [0.05, 0.1) is 12.7 Å². The van der Waals surface area contributed by atoms with Crippen LogP contribution in [0.2, 0.25) is 0 Å². The molecule has 0 aromatic heterocycles. The molecule has 100 valence electrons. The van der Waals surface area contributed by atoms with Gasteiger partial charge < -0.3 is 14.8 Å². The van der Waals surface area contributed by atoms with E-state index >= 15 is 0 Å². The summed E-state index contributed by atoms with van der Waals surface area (Å²) < 4.78 is 11.2. The molecule has 0 aliphatic carbocycles. The average Bonchev–Trinajstić information content (AvgIpc) is 2.89. The predicted molar refractivity (Wildman–Crippen MR) is 73.1 cm³/mol. The maximum absolute atomic E-state index is 5.66. The Hall–Kier alpha value is -1.06. The van der Waals surface area contributed by atoms with Crippen LogP contribution >= 0.6 is 0 Å². The zero-order valence-corrected chi connectivity index (χ0v) is 11.2. The van der Waals surface area contributed by atoms with Crippen molar-refractivity contribution in [3.8, 4) is 5.75 Å². The van der Waals surface area contributed by atoms with E-state index in [9.17, 15) is 0 Å². The van der Waals surface area contributed by atoms with E-state index in [0.29, 0.717) is 6.10 Å². The van der Waals surface area contributed by atoms with Crippen LogP contribution < -0.4 is 10.1 Å². The van der Waals surface area contributed by atoms with Gasteiger partial charge in [-0.3, -0.25) is 0 Å². The highest BCUT2D eigenvalue weighted by atomic mass is 16.5. The van der Waals surface area contributed by atoms with Gasteiger partial charge in [0.25, 0.3) is 0 Å². The third-order valence-corrected chi connectivity index (χ3v) is 3.18. The Labute approximate surface area is 109 Å². The van der Waals surface area contributed by atoms with Crippen molar-refractivity contribution in [3.63, 3.8) is 0 Å². The van der Waals surface area contributed by atoms with Crippen LogP contribution in [-0.4, -0.2) is 32.4 Å². The van der Waals surface area contributed by atoms with Crippen molar-refractivity contribution >= 4 is 0 Å². The van der Waals surface area contributed by atoms with Gasteiger partial charge in [-0.15, -0.1) is 0 Å². The van der Waals surface area contributed by atoms with Gasteiger partial charge in [0.15, 0.2) is 0 Å². The SMILES string of the molecule is Cc1ccc(OCCCNCC2CCCO2)cc1. The van der Waals surface area contributed by atoms with Gasteiger partial charge in [0.2, 0.25) is 0 Å². The van der Waals surface area contributed by atoms with E-state index in [0.717, 1.165) is 38.5 Å². The van der Waals surface area contributed by atoms with Gasteiger partial charge in [-0.05, 0) is 44.9 Å². The van der Waals surface area contributed by atoms with Gasteiger partial charge in [0, 0.05) is 13.2 Å². The molecule has 1 unspecified atom stereocenters. The quantitative estimate of drug-likeness (QED) is 0.753. The topological polar surface area (TPSA) is 30.5 Å².